The average Bonchev–Trinajstić information content (AvgIpc) is 3.62. The van der Waals surface area contributed by atoms with Crippen LogP contribution < -0.4 is 5.73 Å². The number of benzene rings is 1. The van der Waals surface area contributed by atoms with E-state index in [4.69, 9.17) is 15.2 Å². The molecule has 6 rings (SSSR count). The van der Waals surface area contributed by atoms with Crippen LogP contribution in [0.2, 0.25) is 0 Å². The summed E-state index contributed by atoms with van der Waals surface area (Å²) in [4.78, 5) is 43.1. The Bertz CT molecular complexity index is 1180. The fourth-order valence-electron chi connectivity index (χ4n) is 8.21. The quantitative estimate of drug-likeness (QED) is 0.507. The van der Waals surface area contributed by atoms with E-state index in [1.165, 1.54) is 0 Å². The minimum atomic E-state index is -0.838. The Hall–Kier alpha value is -2.52. The van der Waals surface area contributed by atoms with Crippen molar-refractivity contribution in [3.63, 3.8) is 0 Å². The van der Waals surface area contributed by atoms with Gasteiger partial charge in [-0.05, 0) is 100 Å². The van der Waals surface area contributed by atoms with Crippen molar-refractivity contribution in [3.8, 4) is 0 Å². The van der Waals surface area contributed by atoms with Crippen LogP contribution in [0.3, 0.4) is 0 Å². The summed E-state index contributed by atoms with van der Waals surface area (Å²) in [6.07, 6.45) is 4.10. The van der Waals surface area contributed by atoms with Crippen molar-refractivity contribution in [2.45, 2.75) is 95.4 Å². The van der Waals surface area contributed by atoms with Gasteiger partial charge in [0.25, 0.3) is 0 Å². The van der Waals surface area contributed by atoms with E-state index in [1.807, 2.05) is 6.07 Å². The van der Waals surface area contributed by atoms with Gasteiger partial charge in [0.15, 0.2) is 5.78 Å². The predicted molar refractivity (Wildman–Crippen MR) is 151 cm³/mol. The summed E-state index contributed by atoms with van der Waals surface area (Å²) in [5, 5.41) is 0. The predicted octanol–water partition coefficient (Wildman–Crippen LogP) is 4.04. The van der Waals surface area contributed by atoms with E-state index >= 15 is 4.39 Å². The Balaban J connectivity index is 1.09. The number of carbonyl (C=O) groups is 3. The Morgan fingerprint density at radius 2 is 1.76 bits per heavy atom. The number of hydrogen-bond donors (Lipinski definition) is 1. The lowest BCUT2D eigenvalue weighted by Crippen LogP contribution is -2.51. The molecule has 5 fully saturated rings. The first-order valence-corrected chi connectivity index (χ1v) is 15.4. The third kappa shape index (κ3) is 5.76. The summed E-state index contributed by atoms with van der Waals surface area (Å²) in [5.41, 5.74) is 6.48. The molecular weight excluding hydrogens is 525 g/mol. The molecule has 41 heavy (non-hydrogen) atoms. The molecule has 2 saturated carbocycles. The highest BCUT2D eigenvalue weighted by molar-refractivity contribution is 5.92. The largest absolute Gasteiger partial charge is 0.444 e. The average molecular weight is 570 g/mol. The summed E-state index contributed by atoms with van der Waals surface area (Å²) >= 11 is 0. The number of ketones is 1. The van der Waals surface area contributed by atoms with Gasteiger partial charge in [-0.25, -0.2) is 9.18 Å². The molecule has 3 heterocycles. The van der Waals surface area contributed by atoms with E-state index in [9.17, 15) is 14.4 Å². The molecule has 2 N–H and O–H groups in total. The van der Waals surface area contributed by atoms with Gasteiger partial charge in [0, 0.05) is 31.5 Å². The number of amides is 2. The second-order valence-corrected chi connectivity index (χ2v) is 14.2. The molecular formula is C32H44FN3O5. The summed E-state index contributed by atoms with van der Waals surface area (Å²) in [5.74, 6) is -0.290. The number of primary amides is 1. The summed E-state index contributed by atoms with van der Waals surface area (Å²) < 4.78 is 26.4. The second kappa shape index (κ2) is 11.0. The topological polar surface area (TPSA) is 102 Å². The Morgan fingerprint density at radius 1 is 1.05 bits per heavy atom. The van der Waals surface area contributed by atoms with Gasteiger partial charge < -0.3 is 15.2 Å². The number of Topliss-reactive ketones (excluding diaryl/α,β-unsaturated/α-hetero) is 1. The van der Waals surface area contributed by atoms with Gasteiger partial charge in [-0.15, -0.1) is 0 Å². The van der Waals surface area contributed by atoms with Gasteiger partial charge in [-0.3, -0.25) is 19.4 Å². The van der Waals surface area contributed by atoms with Crippen molar-refractivity contribution in [2.24, 2.45) is 29.4 Å². The first-order chi connectivity index (χ1) is 19.5. The highest BCUT2D eigenvalue weighted by Gasteiger charge is 2.52. The van der Waals surface area contributed by atoms with E-state index < -0.39 is 29.6 Å². The third-order valence-corrected chi connectivity index (χ3v) is 10.3. The summed E-state index contributed by atoms with van der Waals surface area (Å²) in [6, 6.07) is 5.31. The zero-order valence-electron chi connectivity index (χ0n) is 24.5. The molecule has 224 valence electrons. The van der Waals surface area contributed by atoms with Crippen LogP contribution in [0.1, 0.15) is 76.3 Å². The van der Waals surface area contributed by atoms with Crippen LogP contribution in [0.15, 0.2) is 18.2 Å². The molecule has 6 atom stereocenters. The number of carbonyl (C=O) groups excluding carboxylic acids is 3. The molecule has 1 aromatic rings. The van der Waals surface area contributed by atoms with Crippen molar-refractivity contribution < 1.29 is 28.2 Å². The second-order valence-electron chi connectivity index (χ2n) is 14.2. The first-order valence-electron chi connectivity index (χ1n) is 15.4. The fraction of sp³-hybridized carbons (Fsp3) is 0.719. The maximum absolute atomic E-state index is 15.4. The highest BCUT2D eigenvalue weighted by atomic mass is 19.1. The molecule has 2 unspecified atom stereocenters. The smallest absolute Gasteiger partial charge is 0.411 e. The molecule has 8 nitrogen and oxygen atoms in total. The maximum Gasteiger partial charge on any atom is 0.411 e. The van der Waals surface area contributed by atoms with Crippen LogP contribution in [0.5, 0.6) is 0 Å². The summed E-state index contributed by atoms with van der Waals surface area (Å²) in [7, 11) is 0. The van der Waals surface area contributed by atoms with Gasteiger partial charge in [0.2, 0.25) is 5.91 Å². The van der Waals surface area contributed by atoms with E-state index in [1.54, 1.807) is 37.8 Å². The molecule has 1 aromatic carbocycles. The molecule has 2 aliphatic carbocycles. The molecule has 0 spiro atoms. The van der Waals surface area contributed by atoms with Crippen LogP contribution in [-0.2, 0) is 25.5 Å². The standard InChI is InChI=1S/C32H44FN3O5/c1-32(2,3)41-31(39)36-25-7-6-20(11-25)29(36)28(37)13-22(30(34)38)8-19-5-4-18(12-27(19)33)21-9-23-14-35(15-24(23)10-21)26-16-40-17-26/h4-5,12,20-26,29H,6-11,13-17H2,1-3H3,(H2,34,38)/t20-,21?,22+,23?,24?,25+,29-/m0/s1. The van der Waals surface area contributed by atoms with Crippen molar-refractivity contribution in [3.05, 3.63) is 35.1 Å². The molecule has 5 aliphatic rings. The lowest BCUT2D eigenvalue weighted by molar-refractivity contribution is -0.131. The highest BCUT2D eigenvalue weighted by Crippen LogP contribution is 2.47. The number of fused-ring (bicyclic) bond motifs is 3. The number of nitrogens with zero attached hydrogens (tertiary/aromatic N) is 2. The molecule has 0 radical (unpaired) electrons. The van der Waals surface area contributed by atoms with Crippen LogP contribution in [-0.4, -0.2) is 77.6 Å². The van der Waals surface area contributed by atoms with E-state index in [-0.39, 0.29) is 36.4 Å². The first kappa shape index (κ1) is 28.6. The zero-order chi connectivity index (χ0) is 29.1. The van der Waals surface area contributed by atoms with Crippen LogP contribution >= 0.6 is 0 Å². The van der Waals surface area contributed by atoms with E-state index in [0.717, 1.165) is 64.0 Å². The van der Waals surface area contributed by atoms with Gasteiger partial charge in [0.05, 0.1) is 25.3 Å². The number of ether oxygens (including phenoxy) is 2. The fourth-order valence-corrected chi connectivity index (χ4v) is 8.21. The van der Waals surface area contributed by atoms with Crippen LogP contribution in [0.4, 0.5) is 9.18 Å². The molecule has 9 heteroatoms. The monoisotopic (exact) mass is 569 g/mol. The van der Waals surface area contributed by atoms with Crippen molar-refractivity contribution in [1.29, 1.82) is 0 Å². The van der Waals surface area contributed by atoms with Crippen molar-refractivity contribution in [1.82, 2.24) is 9.80 Å². The number of hydrogen-bond acceptors (Lipinski definition) is 6. The molecule has 3 aliphatic heterocycles. The number of rotatable bonds is 8. The van der Waals surface area contributed by atoms with Crippen LogP contribution in [0, 0.1) is 29.5 Å². The minimum absolute atomic E-state index is 0.0220. The van der Waals surface area contributed by atoms with Crippen LogP contribution in [0.25, 0.3) is 0 Å². The number of halogens is 1. The molecule has 0 aromatic heterocycles. The third-order valence-electron chi connectivity index (χ3n) is 10.3. The van der Waals surface area contributed by atoms with Gasteiger partial charge in [-0.1, -0.05) is 12.1 Å². The van der Waals surface area contributed by atoms with Gasteiger partial charge >= 0.3 is 6.09 Å². The number of nitrogens with two attached hydrogens (primary N) is 1. The Kier molecular flexibility index (Phi) is 7.64. The molecule has 3 saturated heterocycles. The minimum Gasteiger partial charge on any atom is -0.444 e. The van der Waals surface area contributed by atoms with E-state index in [0.29, 0.717) is 29.4 Å². The van der Waals surface area contributed by atoms with Crippen molar-refractivity contribution >= 4 is 17.8 Å². The van der Waals surface area contributed by atoms with Gasteiger partial charge in [0.1, 0.15) is 11.4 Å². The molecule has 2 amide bonds. The number of likely N-dealkylation sites (tertiary alicyclic amines) is 2. The lowest BCUT2D eigenvalue weighted by Gasteiger charge is -2.36. The Morgan fingerprint density at radius 3 is 2.34 bits per heavy atom. The maximum atomic E-state index is 15.4. The number of piperidine rings is 1. The van der Waals surface area contributed by atoms with E-state index in [2.05, 4.69) is 4.90 Å². The summed E-state index contributed by atoms with van der Waals surface area (Å²) in [6.45, 7) is 9.31. The SMILES string of the molecule is CC(C)(C)OC(=O)N1[C@@H]2CC[C@@H](C2)[C@H]1C(=O)C[C@@H](Cc1ccc(C2CC3CN(C4COC4)CC3C2)cc1F)C(N)=O. The zero-order valence-corrected chi connectivity index (χ0v) is 24.5. The molecule has 2 bridgehead atoms. The Labute approximate surface area is 242 Å². The van der Waals surface area contributed by atoms with Gasteiger partial charge in [-0.2, -0.15) is 0 Å². The lowest BCUT2D eigenvalue weighted by atomic mass is 9.86. The van der Waals surface area contributed by atoms with Crippen molar-refractivity contribution in [2.75, 3.05) is 26.3 Å². The normalized spacial score (nSPS) is 32.1.